The van der Waals surface area contributed by atoms with Crippen LogP contribution in [0.15, 0.2) is 39.5 Å². The summed E-state index contributed by atoms with van der Waals surface area (Å²) in [6, 6.07) is 11.4. The van der Waals surface area contributed by atoms with Crippen molar-refractivity contribution in [3.63, 3.8) is 0 Å². The molecule has 19 heavy (non-hydrogen) atoms. The Morgan fingerprint density at radius 3 is 2.63 bits per heavy atom. The van der Waals surface area contributed by atoms with Crippen LogP contribution in [0.5, 0.6) is 0 Å². The Bertz CT molecular complexity index is 509. The molecule has 0 aliphatic heterocycles. The monoisotopic (exact) mass is 449 g/mol. The lowest BCUT2D eigenvalue weighted by Gasteiger charge is -2.17. The minimum atomic E-state index is 0.405. The highest BCUT2D eigenvalue weighted by Crippen LogP contribution is 2.27. The Labute approximate surface area is 141 Å². The van der Waals surface area contributed by atoms with E-state index in [-0.39, 0.29) is 0 Å². The van der Waals surface area contributed by atoms with E-state index >= 15 is 0 Å². The summed E-state index contributed by atoms with van der Waals surface area (Å²) >= 11 is 7.66. The van der Waals surface area contributed by atoms with E-state index in [1.54, 1.807) is 11.3 Å². The largest absolute Gasteiger partial charge is 0.310 e. The van der Waals surface area contributed by atoms with Gasteiger partial charge in [0.25, 0.3) is 0 Å². The summed E-state index contributed by atoms with van der Waals surface area (Å²) in [6.45, 7) is 3.26. The Morgan fingerprint density at radius 2 is 2.05 bits per heavy atom. The Hall–Kier alpha value is 0.0900. The zero-order valence-corrected chi connectivity index (χ0v) is 15.4. The summed E-state index contributed by atoms with van der Waals surface area (Å²) in [6.07, 6.45) is 2.20. The third kappa shape index (κ3) is 4.85. The number of benzene rings is 1. The van der Waals surface area contributed by atoms with E-state index in [1.807, 2.05) is 0 Å². The molecule has 1 nitrogen and oxygen atoms in total. The second kappa shape index (κ2) is 7.76. The first-order chi connectivity index (χ1) is 9.19. The fourth-order valence-corrected chi connectivity index (χ4v) is 3.58. The molecule has 0 aliphatic rings. The summed E-state index contributed by atoms with van der Waals surface area (Å²) in [7, 11) is 0. The zero-order chi connectivity index (χ0) is 13.7. The van der Waals surface area contributed by atoms with Gasteiger partial charge in [-0.15, -0.1) is 11.3 Å². The van der Waals surface area contributed by atoms with Gasteiger partial charge in [0.15, 0.2) is 0 Å². The molecule has 1 aromatic carbocycles. The van der Waals surface area contributed by atoms with E-state index in [1.165, 1.54) is 18.5 Å². The lowest BCUT2D eigenvalue weighted by atomic mass is 10.0. The van der Waals surface area contributed by atoms with Crippen molar-refractivity contribution < 1.29 is 0 Å². The van der Waals surface area contributed by atoms with E-state index in [2.05, 4.69) is 86.5 Å². The topological polar surface area (TPSA) is 12.0 Å². The lowest BCUT2D eigenvalue weighted by Crippen LogP contribution is -2.23. The van der Waals surface area contributed by atoms with Gasteiger partial charge < -0.3 is 5.32 Å². The van der Waals surface area contributed by atoms with E-state index in [0.717, 1.165) is 19.4 Å². The summed E-state index contributed by atoms with van der Waals surface area (Å²) in [5.74, 6) is 0. The summed E-state index contributed by atoms with van der Waals surface area (Å²) < 4.78 is 2.49. The molecular formula is C15H17BrINS. The van der Waals surface area contributed by atoms with Gasteiger partial charge in [-0.2, -0.15) is 0 Å². The van der Waals surface area contributed by atoms with E-state index in [4.69, 9.17) is 0 Å². The molecule has 1 N–H and O–H groups in total. The lowest BCUT2D eigenvalue weighted by molar-refractivity contribution is 0.530. The van der Waals surface area contributed by atoms with E-state index < -0.39 is 0 Å². The van der Waals surface area contributed by atoms with Crippen LogP contribution in [-0.4, -0.2) is 6.54 Å². The van der Waals surface area contributed by atoms with Gasteiger partial charge in [0.1, 0.15) is 0 Å². The number of thiophene rings is 1. The number of hydrogen-bond donors (Lipinski definition) is 1. The maximum absolute atomic E-state index is 3.65. The van der Waals surface area contributed by atoms with Crippen LogP contribution in [0.25, 0.3) is 0 Å². The van der Waals surface area contributed by atoms with Gasteiger partial charge in [-0.25, -0.2) is 0 Å². The van der Waals surface area contributed by atoms with Gasteiger partial charge >= 0.3 is 0 Å². The second-order valence-corrected chi connectivity index (χ2v) is 8.06. The average molecular weight is 450 g/mol. The van der Waals surface area contributed by atoms with Crippen LogP contribution < -0.4 is 5.32 Å². The Balaban J connectivity index is 2.11. The highest BCUT2D eigenvalue weighted by molar-refractivity contribution is 14.1. The van der Waals surface area contributed by atoms with E-state index in [0.29, 0.717) is 6.04 Å². The quantitative estimate of drug-likeness (QED) is 0.582. The molecule has 0 saturated heterocycles. The summed E-state index contributed by atoms with van der Waals surface area (Å²) in [5, 5.41) is 5.89. The average Bonchev–Trinajstić information content (AvgIpc) is 2.83. The molecule has 102 valence electrons. The van der Waals surface area contributed by atoms with Gasteiger partial charge in [0.2, 0.25) is 0 Å². The van der Waals surface area contributed by atoms with Gasteiger partial charge in [0, 0.05) is 9.61 Å². The Morgan fingerprint density at radius 1 is 1.32 bits per heavy atom. The predicted molar refractivity (Wildman–Crippen MR) is 95.9 cm³/mol. The van der Waals surface area contributed by atoms with Crippen molar-refractivity contribution in [3.05, 3.63) is 54.2 Å². The molecule has 0 saturated carbocycles. The number of hydrogen-bond acceptors (Lipinski definition) is 2. The van der Waals surface area contributed by atoms with Crippen molar-refractivity contribution in [1.82, 2.24) is 5.32 Å². The fraction of sp³-hybridized carbons (Fsp3) is 0.333. The summed E-state index contributed by atoms with van der Waals surface area (Å²) in [5.41, 5.74) is 2.76. The summed E-state index contributed by atoms with van der Waals surface area (Å²) in [4.78, 5) is 0. The van der Waals surface area contributed by atoms with Crippen LogP contribution in [0, 0.1) is 3.57 Å². The highest BCUT2D eigenvalue weighted by Gasteiger charge is 2.13. The molecular weight excluding hydrogens is 433 g/mol. The maximum Gasteiger partial charge on any atom is 0.0701 e. The predicted octanol–water partition coefficient (Wildman–Crippen LogP) is 5.40. The van der Waals surface area contributed by atoms with Crippen LogP contribution in [-0.2, 0) is 6.42 Å². The SMILES string of the molecule is CCCNC(Cc1ccc(I)cc1)c1csc(Br)c1. The molecule has 4 heteroatoms. The van der Waals surface area contributed by atoms with Crippen LogP contribution in [0.3, 0.4) is 0 Å². The first-order valence-corrected chi connectivity index (χ1v) is 9.16. The number of halogens is 2. The van der Waals surface area contributed by atoms with Gasteiger partial charge in [-0.3, -0.25) is 0 Å². The van der Waals surface area contributed by atoms with Crippen molar-refractivity contribution in [2.24, 2.45) is 0 Å². The van der Waals surface area contributed by atoms with Gasteiger partial charge in [0.05, 0.1) is 3.79 Å². The molecule has 0 fully saturated rings. The third-order valence-electron chi connectivity index (χ3n) is 2.98. The third-order valence-corrected chi connectivity index (χ3v) is 5.23. The second-order valence-electron chi connectivity index (χ2n) is 4.52. The van der Waals surface area contributed by atoms with Crippen molar-refractivity contribution in [3.8, 4) is 0 Å². The molecule has 1 heterocycles. The first kappa shape index (κ1) is 15.5. The molecule has 2 rings (SSSR count). The van der Waals surface area contributed by atoms with Crippen molar-refractivity contribution >= 4 is 49.9 Å². The smallest absolute Gasteiger partial charge is 0.0701 e. The van der Waals surface area contributed by atoms with Crippen molar-refractivity contribution in [1.29, 1.82) is 0 Å². The zero-order valence-electron chi connectivity index (χ0n) is 10.8. The van der Waals surface area contributed by atoms with Crippen molar-refractivity contribution in [2.45, 2.75) is 25.8 Å². The minimum Gasteiger partial charge on any atom is -0.310 e. The van der Waals surface area contributed by atoms with Gasteiger partial charge in [-0.1, -0.05) is 19.1 Å². The fourth-order valence-electron chi connectivity index (χ4n) is 1.99. The molecule has 0 aliphatic carbocycles. The normalized spacial score (nSPS) is 12.6. The minimum absolute atomic E-state index is 0.405. The molecule has 1 atom stereocenters. The molecule has 1 unspecified atom stereocenters. The maximum atomic E-state index is 3.65. The molecule has 0 radical (unpaired) electrons. The van der Waals surface area contributed by atoms with Gasteiger partial charge in [-0.05, 0) is 92.6 Å². The van der Waals surface area contributed by atoms with Crippen LogP contribution in [0.2, 0.25) is 0 Å². The Kier molecular flexibility index (Phi) is 6.32. The van der Waals surface area contributed by atoms with Crippen LogP contribution >= 0.6 is 49.9 Å². The standard InChI is InChI=1S/C15H17BrINS/c1-2-7-18-14(12-9-15(16)19-10-12)8-11-3-5-13(17)6-4-11/h3-6,9-10,14,18H,2,7-8H2,1H3. The molecule has 2 aromatic rings. The number of rotatable bonds is 6. The van der Waals surface area contributed by atoms with E-state index in [9.17, 15) is 0 Å². The van der Waals surface area contributed by atoms with Crippen LogP contribution in [0.4, 0.5) is 0 Å². The van der Waals surface area contributed by atoms with Crippen LogP contribution in [0.1, 0.15) is 30.5 Å². The molecule has 0 amide bonds. The molecule has 0 spiro atoms. The highest BCUT2D eigenvalue weighted by atomic mass is 127. The molecule has 1 aromatic heterocycles. The van der Waals surface area contributed by atoms with Crippen molar-refractivity contribution in [2.75, 3.05) is 6.54 Å². The first-order valence-electron chi connectivity index (χ1n) is 6.40. The molecule has 0 bridgehead atoms. The number of nitrogens with one attached hydrogen (secondary N) is 1.